The minimum Gasteiger partial charge on any atom is -0.350 e. The maximum Gasteiger partial charge on any atom is 0.295 e. The molecule has 1 aliphatic heterocycles. The first-order valence-electron chi connectivity index (χ1n) is 10.8. The van der Waals surface area contributed by atoms with Crippen LogP contribution in [0, 0.1) is 0 Å². The summed E-state index contributed by atoms with van der Waals surface area (Å²) in [5.74, 6) is 0. The molecule has 4 heterocycles. The number of aryl methyl sites for hydroxylation is 1. The quantitative estimate of drug-likeness (QED) is 0.341. The first kappa shape index (κ1) is 17.1. The molecule has 0 bridgehead atoms. The maximum atomic E-state index is 2.67. The van der Waals surface area contributed by atoms with Crippen LogP contribution in [0.4, 0.5) is 0 Å². The Morgan fingerprint density at radius 3 is 2.45 bits per heavy atom. The van der Waals surface area contributed by atoms with Gasteiger partial charge < -0.3 is 4.57 Å². The molecule has 0 radical (unpaired) electrons. The summed E-state index contributed by atoms with van der Waals surface area (Å²) in [5.41, 5.74) is 6.84. The Hall–Kier alpha value is -2.81. The predicted octanol–water partition coefficient (Wildman–Crippen LogP) is 5.83. The van der Waals surface area contributed by atoms with Gasteiger partial charge in [-0.15, -0.1) is 0 Å². The molecule has 0 saturated carbocycles. The Balaban J connectivity index is 1.97. The van der Waals surface area contributed by atoms with E-state index in [1.165, 1.54) is 43.9 Å². The topological polar surface area (TPSA) is 13.2 Å². The number of aromatic nitrogens is 3. The summed E-state index contributed by atoms with van der Waals surface area (Å²) < 4.78 is 7.34. The van der Waals surface area contributed by atoms with E-state index in [0.29, 0.717) is 0 Å². The first-order valence-corrected chi connectivity index (χ1v) is 10.8. The molecule has 0 amide bonds. The Morgan fingerprint density at radius 2 is 1.69 bits per heavy atom. The molecule has 0 spiro atoms. The minimum absolute atomic E-state index is 0.00374. The highest BCUT2D eigenvalue weighted by Gasteiger charge is 2.54. The van der Waals surface area contributed by atoms with Crippen LogP contribution in [0.5, 0.6) is 0 Å². The van der Waals surface area contributed by atoms with Crippen LogP contribution >= 0.6 is 0 Å². The van der Waals surface area contributed by atoms with E-state index < -0.39 is 0 Å². The summed E-state index contributed by atoms with van der Waals surface area (Å²) in [7, 11) is 2.14. The number of nitrogens with zero attached hydrogens (tertiary/aromatic N) is 3. The molecule has 146 valence electrons. The van der Waals surface area contributed by atoms with Gasteiger partial charge in [0.15, 0.2) is 11.0 Å². The zero-order valence-corrected chi connectivity index (χ0v) is 18.0. The molecule has 2 atom stereocenters. The van der Waals surface area contributed by atoms with E-state index in [0.717, 1.165) is 12.8 Å². The molecule has 3 aromatic heterocycles. The summed E-state index contributed by atoms with van der Waals surface area (Å²) in [5, 5.41) is 4.06. The van der Waals surface area contributed by atoms with Crippen molar-refractivity contribution in [3.8, 4) is 0 Å². The number of hydrogen-bond acceptors (Lipinski definition) is 0. The second-order valence-electron chi connectivity index (χ2n) is 9.25. The van der Waals surface area contributed by atoms with Gasteiger partial charge in [0.05, 0.1) is 17.1 Å². The summed E-state index contributed by atoms with van der Waals surface area (Å²) in [4.78, 5) is 0. The van der Waals surface area contributed by atoms with Gasteiger partial charge in [-0.2, -0.15) is 4.40 Å². The Bertz CT molecular complexity index is 1470. The number of benzene rings is 2. The summed E-state index contributed by atoms with van der Waals surface area (Å²) in [6.45, 7) is 9.65. The molecule has 0 saturated heterocycles. The number of imidazole rings is 1. The predicted molar refractivity (Wildman–Crippen MR) is 121 cm³/mol. The van der Waals surface area contributed by atoms with E-state index >= 15 is 0 Å². The highest BCUT2D eigenvalue weighted by atomic mass is 15.2. The lowest BCUT2D eigenvalue weighted by Gasteiger charge is -2.46. The number of rotatable bonds is 2. The third kappa shape index (κ3) is 1.74. The maximum absolute atomic E-state index is 2.67. The van der Waals surface area contributed by atoms with E-state index in [-0.39, 0.29) is 11.0 Å². The second kappa shape index (κ2) is 5.21. The standard InChI is InChI=1S/C26H28N3/c1-6-25(3)19-10-8-9-17-12-14-28-21-15-18-11-13-27(5)20(18)16-22(21)29(24(28)23(17)19)26(25,4)7-2/h8-16H,6-7H2,1-5H3/q+1. The average molecular weight is 383 g/mol. The molecule has 0 fully saturated rings. The van der Waals surface area contributed by atoms with Crippen LogP contribution in [0.3, 0.4) is 0 Å². The van der Waals surface area contributed by atoms with Gasteiger partial charge in [0.25, 0.3) is 5.65 Å². The third-order valence-corrected chi connectivity index (χ3v) is 8.32. The average Bonchev–Trinajstić information content (AvgIpc) is 3.27. The highest BCUT2D eigenvalue weighted by molar-refractivity contribution is 6.01. The molecule has 2 unspecified atom stereocenters. The number of hydrogen-bond donors (Lipinski definition) is 0. The Kier molecular flexibility index (Phi) is 3.07. The fourth-order valence-electron chi connectivity index (χ4n) is 6.11. The molecule has 0 aliphatic carbocycles. The van der Waals surface area contributed by atoms with Crippen LogP contribution in [0.2, 0.25) is 0 Å². The van der Waals surface area contributed by atoms with Gasteiger partial charge >= 0.3 is 0 Å². The largest absolute Gasteiger partial charge is 0.350 e. The van der Waals surface area contributed by atoms with Crippen molar-refractivity contribution < 1.29 is 4.57 Å². The summed E-state index contributed by atoms with van der Waals surface area (Å²) in [6, 6.07) is 16.2. The fraction of sp³-hybridized carbons (Fsp3) is 0.346. The van der Waals surface area contributed by atoms with E-state index in [1.54, 1.807) is 0 Å². The Labute approximate surface area is 171 Å². The van der Waals surface area contributed by atoms with Crippen molar-refractivity contribution in [2.24, 2.45) is 7.05 Å². The zero-order chi connectivity index (χ0) is 20.1. The van der Waals surface area contributed by atoms with Crippen molar-refractivity contribution in [3.05, 3.63) is 60.4 Å². The second-order valence-corrected chi connectivity index (χ2v) is 9.25. The summed E-state index contributed by atoms with van der Waals surface area (Å²) >= 11 is 0. The molecule has 0 N–H and O–H groups in total. The van der Waals surface area contributed by atoms with Crippen molar-refractivity contribution in [3.63, 3.8) is 0 Å². The van der Waals surface area contributed by atoms with Crippen LogP contribution in [-0.4, -0.2) is 8.97 Å². The van der Waals surface area contributed by atoms with E-state index in [2.05, 4.69) is 103 Å². The smallest absolute Gasteiger partial charge is 0.295 e. The first-order chi connectivity index (χ1) is 13.9. The minimum atomic E-state index is -0.00374. The van der Waals surface area contributed by atoms with Gasteiger partial charge in [0.2, 0.25) is 0 Å². The third-order valence-electron chi connectivity index (χ3n) is 8.32. The van der Waals surface area contributed by atoms with Crippen molar-refractivity contribution in [2.75, 3.05) is 0 Å². The van der Waals surface area contributed by atoms with Gasteiger partial charge in [-0.3, -0.25) is 0 Å². The lowest BCUT2D eigenvalue weighted by Crippen LogP contribution is -2.66. The van der Waals surface area contributed by atoms with E-state index in [1.807, 2.05) is 0 Å². The van der Waals surface area contributed by atoms with E-state index in [4.69, 9.17) is 0 Å². The van der Waals surface area contributed by atoms with Gasteiger partial charge in [-0.1, -0.05) is 39.0 Å². The van der Waals surface area contributed by atoms with Crippen LogP contribution in [0.25, 0.3) is 38.4 Å². The number of fused-ring (bicyclic) bond motifs is 4. The normalized spacial score (nSPS) is 23.9. The van der Waals surface area contributed by atoms with Crippen LogP contribution < -0.4 is 4.57 Å². The van der Waals surface area contributed by atoms with Gasteiger partial charge in [0.1, 0.15) is 5.54 Å². The molecular weight excluding hydrogens is 354 g/mol. The SMILES string of the molecule is CCC1(C)c2cccc3ccn4c5cc6ccn(C)c6cc5[n+](c4c23)C1(C)CC. The lowest BCUT2D eigenvalue weighted by atomic mass is 9.62. The van der Waals surface area contributed by atoms with E-state index in [9.17, 15) is 0 Å². The monoisotopic (exact) mass is 382 g/mol. The lowest BCUT2D eigenvalue weighted by molar-refractivity contribution is -0.728. The van der Waals surface area contributed by atoms with Gasteiger partial charge in [-0.25, -0.2) is 4.57 Å². The van der Waals surface area contributed by atoms with Crippen LogP contribution in [0.1, 0.15) is 46.1 Å². The molecule has 5 aromatic rings. The van der Waals surface area contributed by atoms with Crippen molar-refractivity contribution in [2.45, 2.75) is 51.5 Å². The van der Waals surface area contributed by atoms with Gasteiger partial charge in [0, 0.05) is 30.1 Å². The molecule has 2 aromatic carbocycles. The van der Waals surface area contributed by atoms with Crippen LogP contribution in [-0.2, 0) is 18.0 Å². The number of pyridine rings is 1. The molecule has 3 heteroatoms. The van der Waals surface area contributed by atoms with Crippen molar-refractivity contribution in [1.29, 1.82) is 0 Å². The Morgan fingerprint density at radius 1 is 0.897 bits per heavy atom. The molecule has 6 rings (SSSR count). The van der Waals surface area contributed by atoms with Crippen molar-refractivity contribution in [1.82, 2.24) is 8.97 Å². The molecular formula is C26H28N3+. The zero-order valence-electron chi connectivity index (χ0n) is 18.0. The van der Waals surface area contributed by atoms with Crippen LogP contribution in [0.15, 0.2) is 54.9 Å². The highest BCUT2D eigenvalue weighted by Crippen LogP contribution is 2.49. The van der Waals surface area contributed by atoms with Gasteiger partial charge in [-0.05, 0) is 48.9 Å². The molecule has 3 nitrogen and oxygen atoms in total. The fourth-order valence-corrected chi connectivity index (χ4v) is 6.11. The molecule has 1 aliphatic rings. The summed E-state index contributed by atoms with van der Waals surface area (Å²) in [6.07, 6.45) is 6.63. The molecule has 29 heavy (non-hydrogen) atoms. The van der Waals surface area contributed by atoms with Crippen molar-refractivity contribution >= 4 is 38.4 Å².